The third kappa shape index (κ3) is 3.00. The number of aromatic nitrogens is 1. The molecule has 0 bridgehead atoms. The van der Waals surface area contributed by atoms with E-state index in [0.717, 1.165) is 33.0 Å². The highest BCUT2D eigenvalue weighted by molar-refractivity contribution is 6.31. The molecule has 0 aliphatic carbocycles. The topological polar surface area (TPSA) is 29.4 Å². The van der Waals surface area contributed by atoms with E-state index in [1.807, 2.05) is 39.2 Å². The molecule has 0 spiro atoms. The van der Waals surface area contributed by atoms with Crippen molar-refractivity contribution in [1.29, 1.82) is 0 Å². The third-order valence-electron chi connectivity index (χ3n) is 3.63. The average Bonchev–Trinajstić information content (AvgIpc) is 2.48. The molecule has 0 aliphatic rings. The second kappa shape index (κ2) is 5.85. The highest BCUT2D eigenvalue weighted by Gasteiger charge is 2.10. The first-order valence-electron chi connectivity index (χ1n) is 7.19. The zero-order chi connectivity index (χ0) is 15.7. The first kappa shape index (κ1) is 14.7. The Morgan fingerprint density at radius 3 is 2.41 bits per heavy atom. The maximum Gasteiger partial charge on any atom is 0.213 e. The summed E-state index contributed by atoms with van der Waals surface area (Å²) < 4.78 is 0. The molecule has 3 aromatic rings. The van der Waals surface area contributed by atoms with Crippen molar-refractivity contribution in [3.8, 4) is 0 Å². The van der Waals surface area contributed by atoms with Gasteiger partial charge in [-0.25, -0.2) is 4.98 Å². The molecule has 0 fully saturated rings. The molecule has 3 nitrogen and oxygen atoms in total. The second-order valence-electron chi connectivity index (χ2n) is 5.62. The summed E-state index contributed by atoms with van der Waals surface area (Å²) in [5.41, 5.74) is 5.44. The molecule has 1 aromatic heterocycles. The second-order valence-corrected chi connectivity index (χ2v) is 6.06. The molecule has 0 radical (unpaired) electrons. The summed E-state index contributed by atoms with van der Waals surface area (Å²) >= 11 is 6.14. The summed E-state index contributed by atoms with van der Waals surface area (Å²) in [5, 5.41) is 5.29. The van der Waals surface area contributed by atoms with Gasteiger partial charge in [-0.2, -0.15) is 0 Å². The Hall–Kier alpha value is -2.26. The number of fused-ring (bicyclic) bond motifs is 1. The van der Waals surface area contributed by atoms with Gasteiger partial charge >= 0.3 is 0 Å². The van der Waals surface area contributed by atoms with Crippen LogP contribution in [0.25, 0.3) is 10.9 Å². The Morgan fingerprint density at radius 1 is 1.00 bits per heavy atom. The fourth-order valence-electron chi connectivity index (χ4n) is 2.49. The van der Waals surface area contributed by atoms with Gasteiger partial charge in [0.15, 0.2) is 5.69 Å². The van der Waals surface area contributed by atoms with Crippen LogP contribution in [0.1, 0.15) is 5.69 Å². The van der Waals surface area contributed by atoms with Crippen molar-refractivity contribution in [3.05, 3.63) is 59.2 Å². The molecule has 1 heterocycles. The van der Waals surface area contributed by atoms with Crippen LogP contribution >= 0.6 is 11.6 Å². The normalized spacial score (nSPS) is 10.7. The number of H-pyrrole nitrogens is 1. The van der Waals surface area contributed by atoms with E-state index in [4.69, 9.17) is 11.6 Å². The van der Waals surface area contributed by atoms with Crippen molar-refractivity contribution in [2.45, 2.75) is 6.92 Å². The summed E-state index contributed by atoms with van der Waals surface area (Å²) in [7, 11) is 4.07. The molecule has 0 aliphatic heterocycles. The number of rotatable bonds is 3. The van der Waals surface area contributed by atoms with Crippen LogP contribution in [0.2, 0.25) is 5.02 Å². The minimum atomic E-state index is 0.732. The Labute approximate surface area is 135 Å². The molecule has 4 heteroatoms. The molecule has 0 saturated carbocycles. The van der Waals surface area contributed by atoms with Crippen LogP contribution in [-0.2, 0) is 0 Å². The zero-order valence-electron chi connectivity index (χ0n) is 12.9. The van der Waals surface area contributed by atoms with E-state index in [1.165, 1.54) is 5.69 Å². The van der Waals surface area contributed by atoms with E-state index in [0.29, 0.717) is 0 Å². The van der Waals surface area contributed by atoms with Crippen molar-refractivity contribution >= 4 is 39.6 Å². The summed E-state index contributed by atoms with van der Waals surface area (Å²) in [6.45, 7) is 2.05. The average molecular weight is 313 g/mol. The Kier molecular flexibility index (Phi) is 3.90. The molecule has 22 heavy (non-hydrogen) atoms. The van der Waals surface area contributed by atoms with Gasteiger partial charge in [0.1, 0.15) is 0 Å². The minimum absolute atomic E-state index is 0.732. The van der Waals surface area contributed by atoms with Crippen molar-refractivity contribution in [1.82, 2.24) is 0 Å². The standard InChI is InChI=1S/C18H18ClN3/c1-12-10-18(16-11-13(19)4-9-17(16)20-12)21-14-5-7-15(8-6-14)22(2)3/h4-11H,1-3H3,(H,20,21)/p+1. The van der Waals surface area contributed by atoms with E-state index in [9.17, 15) is 0 Å². The van der Waals surface area contributed by atoms with Crippen molar-refractivity contribution in [2.75, 3.05) is 24.3 Å². The lowest BCUT2D eigenvalue weighted by atomic mass is 10.1. The molecule has 0 atom stereocenters. The van der Waals surface area contributed by atoms with Crippen LogP contribution in [0.4, 0.5) is 17.1 Å². The molecule has 0 saturated heterocycles. The fraction of sp³-hybridized carbons (Fsp3) is 0.167. The van der Waals surface area contributed by atoms with Gasteiger partial charge < -0.3 is 10.2 Å². The van der Waals surface area contributed by atoms with Gasteiger partial charge in [-0.05, 0) is 36.4 Å². The Balaban J connectivity index is 2.00. The van der Waals surface area contributed by atoms with Crippen LogP contribution in [0.3, 0.4) is 0 Å². The number of halogens is 1. The third-order valence-corrected chi connectivity index (χ3v) is 3.86. The van der Waals surface area contributed by atoms with Gasteiger partial charge in [0.2, 0.25) is 5.52 Å². The molecular formula is C18H19ClN3+. The lowest BCUT2D eigenvalue weighted by molar-refractivity contribution is -0.354. The molecule has 2 aromatic carbocycles. The quantitative estimate of drug-likeness (QED) is 0.775. The van der Waals surface area contributed by atoms with E-state index in [-0.39, 0.29) is 0 Å². The number of nitrogens with zero attached hydrogens (tertiary/aromatic N) is 1. The molecule has 3 rings (SSSR count). The number of pyridine rings is 1. The summed E-state index contributed by atoms with van der Waals surface area (Å²) in [4.78, 5) is 5.45. The highest BCUT2D eigenvalue weighted by atomic mass is 35.5. The largest absolute Gasteiger partial charge is 0.378 e. The molecule has 0 amide bonds. The summed E-state index contributed by atoms with van der Waals surface area (Å²) in [6.07, 6.45) is 0. The maximum absolute atomic E-state index is 6.14. The van der Waals surface area contributed by atoms with Crippen molar-refractivity contribution in [3.63, 3.8) is 0 Å². The van der Waals surface area contributed by atoms with Gasteiger partial charge in [0.05, 0.1) is 11.1 Å². The summed E-state index contributed by atoms with van der Waals surface area (Å²) in [6, 6.07) is 16.3. The highest BCUT2D eigenvalue weighted by Crippen LogP contribution is 2.28. The lowest BCUT2D eigenvalue weighted by Crippen LogP contribution is -2.10. The predicted octanol–water partition coefficient (Wildman–Crippen LogP) is 4.43. The molecule has 2 N–H and O–H groups in total. The number of anilines is 3. The van der Waals surface area contributed by atoms with Crippen LogP contribution in [0.5, 0.6) is 0 Å². The zero-order valence-corrected chi connectivity index (χ0v) is 13.7. The van der Waals surface area contributed by atoms with Crippen LogP contribution in [0, 0.1) is 6.92 Å². The first-order valence-corrected chi connectivity index (χ1v) is 7.57. The van der Waals surface area contributed by atoms with E-state index >= 15 is 0 Å². The summed E-state index contributed by atoms with van der Waals surface area (Å²) in [5.74, 6) is 0. The number of aryl methyl sites for hydroxylation is 1. The van der Waals surface area contributed by atoms with Crippen molar-refractivity contribution < 1.29 is 4.98 Å². The molecule has 0 unspecified atom stereocenters. The first-order chi connectivity index (χ1) is 10.5. The SMILES string of the molecule is Cc1cc(Nc2ccc(N(C)C)cc2)c2cc(Cl)ccc2[nH+]1. The molecular weight excluding hydrogens is 294 g/mol. The Morgan fingerprint density at radius 2 is 1.73 bits per heavy atom. The van der Waals surface area contributed by atoms with Gasteiger partial charge in [-0.3, -0.25) is 0 Å². The number of benzene rings is 2. The van der Waals surface area contributed by atoms with Crippen LogP contribution in [-0.4, -0.2) is 14.1 Å². The number of aromatic amines is 1. The monoisotopic (exact) mass is 312 g/mol. The molecule has 112 valence electrons. The smallest absolute Gasteiger partial charge is 0.213 e. The van der Waals surface area contributed by atoms with Crippen LogP contribution < -0.4 is 15.2 Å². The van der Waals surface area contributed by atoms with Gasteiger partial charge in [-0.15, -0.1) is 0 Å². The fourth-order valence-corrected chi connectivity index (χ4v) is 2.67. The van der Waals surface area contributed by atoms with Gasteiger partial charge in [0.25, 0.3) is 0 Å². The van der Waals surface area contributed by atoms with E-state index < -0.39 is 0 Å². The lowest BCUT2D eigenvalue weighted by Gasteiger charge is -2.14. The van der Waals surface area contributed by atoms with E-state index in [1.54, 1.807) is 0 Å². The predicted molar refractivity (Wildman–Crippen MR) is 94.3 cm³/mol. The number of hydrogen-bond acceptors (Lipinski definition) is 2. The van der Waals surface area contributed by atoms with Gasteiger partial charge in [0, 0.05) is 49.5 Å². The maximum atomic E-state index is 6.14. The number of hydrogen-bond donors (Lipinski definition) is 1. The van der Waals surface area contributed by atoms with Crippen molar-refractivity contribution in [2.24, 2.45) is 0 Å². The van der Waals surface area contributed by atoms with E-state index in [2.05, 4.69) is 45.5 Å². The number of nitrogens with one attached hydrogen (secondary N) is 2. The minimum Gasteiger partial charge on any atom is -0.378 e. The van der Waals surface area contributed by atoms with Crippen LogP contribution in [0.15, 0.2) is 48.5 Å². The Bertz CT molecular complexity index is 810. The van der Waals surface area contributed by atoms with Gasteiger partial charge in [-0.1, -0.05) is 11.6 Å².